The molecule has 0 aliphatic rings. The van der Waals surface area contributed by atoms with Crippen molar-refractivity contribution in [1.82, 2.24) is 4.72 Å². The average Bonchev–Trinajstić information content (AvgIpc) is 2.36. The van der Waals surface area contributed by atoms with Crippen molar-refractivity contribution in [1.29, 1.82) is 0 Å². The topological polar surface area (TPSA) is 72.2 Å². The first kappa shape index (κ1) is 18.2. The van der Waals surface area contributed by atoms with Gasteiger partial charge in [-0.3, -0.25) is 0 Å². The molecule has 1 unspecified atom stereocenters. The molecule has 0 saturated heterocycles. The Labute approximate surface area is 132 Å². The third-order valence-corrected chi connectivity index (χ3v) is 4.53. The van der Waals surface area contributed by atoms with Crippen LogP contribution in [0.3, 0.4) is 0 Å². The Hall–Kier alpha value is -0.880. The van der Waals surface area contributed by atoms with Crippen LogP contribution in [0.2, 0.25) is 5.02 Å². The Morgan fingerprint density at radius 3 is 2.38 bits per heavy atom. The molecule has 0 amide bonds. The first-order valence-electron chi connectivity index (χ1n) is 6.83. The lowest BCUT2D eigenvalue weighted by Crippen LogP contribution is -2.51. The number of sulfonamides is 1. The fourth-order valence-electron chi connectivity index (χ4n) is 2.19. The molecule has 3 N–H and O–H groups in total. The summed E-state index contributed by atoms with van der Waals surface area (Å²) in [6.07, 6.45) is 2.21. The second-order valence-electron chi connectivity index (χ2n) is 5.86. The van der Waals surface area contributed by atoms with E-state index in [-0.39, 0.29) is 6.54 Å². The zero-order valence-corrected chi connectivity index (χ0v) is 14.2. The summed E-state index contributed by atoms with van der Waals surface area (Å²) in [5.74, 6) is 0.349. The second-order valence-corrected chi connectivity index (χ2v) is 7.87. The van der Waals surface area contributed by atoms with Crippen LogP contribution in [0.15, 0.2) is 29.7 Å². The highest BCUT2D eigenvalue weighted by molar-refractivity contribution is 7.92. The normalized spacial score (nSPS) is 15.5. The van der Waals surface area contributed by atoms with E-state index >= 15 is 0 Å². The lowest BCUT2D eigenvalue weighted by atomic mass is 9.92. The molecule has 1 aromatic carbocycles. The van der Waals surface area contributed by atoms with Gasteiger partial charge in [-0.15, -0.1) is 0 Å². The molecule has 0 bridgehead atoms. The Morgan fingerprint density at radius 2 is 1.90 bits per heavy atom. The molecule has 21 heavy (non-hydrogen) atoms. The summed E-state index contributed by atoms with van der Waals surface area (Å²) in [6.45, 7) is 6.14. The van der Waals surface area contributed by atoms with Gasteiger partial charge in [-0.2, -0.15) is 0 Å². The number of nitrogens with two attached hydrogens (primary N) is 1. The van der Waals surface area contributed by atoms with E-state index in [1.54, 1.807) is 24.3 Å². The van der Waals surface area contributed by atoms with E-state index in [2.05, 4.69) is 4.72 Å². The van der Waals surface area contributed by atoms with Crippen molar-refractivity contribution in [2.24, 2.45) is 11.7 Å². The molecule has 4 nitrogen and oxygen atoms in total. The molecular weight excluding hydrogens is 308 g/mol. The van der Waals surface area contributed by atoms with E-state index in [0.29, 0.717) is 17.4 Å². The van der Waals surface area contributed by atoms with E-state index in [1.165, 1.54) is 6.08 Å². The molecule has 0 saturated carbocycles. The maximum atomic E-state index is 12.1. The number of hydrogen-bond acceptors (Lipinski definition) is 3. The third kappa shape index (κ3) is 6.61. The highest BCUT2D eigenvalue weighted by atomic mass is 35.5. The van der Waals surface area contributed by atoms with Gasteiger partial charge in [-0.25, -0.2) is 13.1 Å². The predicted molar refractivity (Wildman–Crippen MR) is 89.5 cm³/mol. The van der Waals surface area contributed by atoms with Gasteiger partial charge in [0.2, 0.25) is 10.0 Å². The van der Waals surface area contributed by atoms with Crippen molar-refractivity contribution in [2.45, 2.75) is 32.7 Å². The maximum Gasteiger partial charge on any atom is 0.234 e. The van der Waals surface area contributed by atoms with Crippen molar-refractivity contribution in [2.75, 3.05) is 6.54 Å². The number of rotatable bonds is 7. The number of benzene rings is 1. The van der Waals surface area contributed by atoms with Gasteiger partial charge < -0.3 is 5.73 Å². The number of hydrogen-bond donors (Lipinski definition) is 2. The Kier molecular flexibility index (Phi) is 6.41. The molecule has 6 heteroatoms. The largest absolute Gasteiger partial charge is 0.329 e. The van der Waals surface area contributed by atoms with Gasteiger partial charge in [0.25, 0.3) is 0 Å². The minimum Gasteiger partial charge on any atom is -0.329 e. The fraction of sp³-hybridized carbons (Fsp3) is 0.467. The van der Waals surface area contributed by atoms with Crippen molar-refractivity contribution >= 4 is 27.7 Å². The van der Waals surface area contributed by atoms with Gasteiger partial charge in [-0.1, -0.05) is 37.6 Å². The fourth-order valence-corrected chi connectivity index (χ4v) is 3.57. The summed E-state index contributed by atoms with van der Waals surface area (Å²) in [5.41, 5.74) is 5.85. The van der Waals surface area contributed by atoms with E-state index in [9.17, 15) is 8.42 Å². The van der Waals surface area contributed by atoms with E-state index in [0.717, 1.165) is 11.0 Å². The van der Waals surface area contributed by atoms with Gasteiger partial charge in [0.15, 0.2) is 0 Å². The van der Waals surface area contributed by atoms with Crippen molar-refractivity contribution < 1.29 is 8.42 Å². The van der Waals surface area contributed by atoms with Crippen molar-refractivity contribution in [3.05, 3.63) is 40.3 Å². The average molecular weight is 331 g/mol. The van der Waals surface area contributed by atoms with Crippen LogP contribution >= 0.6 is 11.6 Å². The highest BCUT2D eigenvalue weighted by Crippen LogP contribution is 2.17. The molecule has 0 aromatic heterocycles. The summed E-state index contributed by atoms with van der Waals surface area (Å²) in [5, 5.41) is 1.77. The molecule has 0 aliphatic carbocycles. The molecule has 0 radical (unpaired) electrons. The number of halogens is 1. The first-order chi connectivity index (χ1) is 9.66. The molecule has 1 rings (SSSR count). The lowest BCUT2D eigenvalue weighted by molar-refractivity contribution is 0.346. The smallest absolute Gasteiger partial charge is 0.234 e. The minimum absolute atomic E-state index is 0.249. The van der Waals surface area contributed by atoms with Gasteiger partial charge in [0, 0.05) is 22.5 Å². The van der Waals surface area contributed by atoms with Gasteiger partial charge in [0.05, 0.1) is 0 Å². The van der Waals surface area contributed by atoms with Crippen LogP contribution in [0.5, 0.6) is 0 Å². The van der Waals surface area contributed by atoms with Crippen LogP contribution < -0.4 is 10.5 Å². The molecule has 118 valence electrons. The van der Waals surface area contributed by atoms with Crippen molar-refractivity contribution in [3.8, 4) is 0 Å². The molecule has 0 heterocycles. The van der Waals surface area contributed by atoms with Crippen LogP contribution in [0, 0.1) is 5.92 Å². The van der Waals surface area contributed by atoms with Crippen LogP contribution in [0.4, 0.5) is 0 Å². The van der Waals surface area contributed by atoms with E-state index in [4.69, 9.17) is 17.3 Å². The van der Waals surface area contributed by atoms with Crippen LogP contribution in [0.1, 0.15) is 32.8 Å². The van der Waals surface area contributed by atoms with Gasteiger partial charge in [-0.05, 0) is 43.0 Å². The summed E-state index contributed by atoms with van der Waals surface area (Å²) >= 11 is 5.79. The SMILES string of the molecule is CC(C)CC(C)(CN)NS(=O)(=O)/C=C/c1ccc(Cl)cc1. The zero-order valence-electron chi connectivity index (χ0n) is 12.6. The Bertz CT molecular complexity index is 582. The monoisotopic (exact) mass is 330 g/mol. The van der Waals surface area contributed by atoms with Crippen LogP contribution in [-0.2, 0) is 10.0 Å². The standard InChI is InChI=1S/C15H23ClN2O2S/c1-12(2)10-15(3,11-17)18-21(19,20)9-8-13-4-6-14(16)7-5-13/h4-9,12,18H,10-11,17H2,1-3H3/b9-8+. The molecule has 0 aliphatic heterocycles. The van der Waals surface area contributed by atoms with Crippen LogP contribution in [0.25, 0.3) is 6.08 Å². The molecule has 0 fully saturated rings. The summed E-state index contributed by atoms with van der Waals surface area (Å²) in [7, 11) is -3.55. The zero-order chi connectivity index (χ0) is 16.1. The number of nitrogens with one attached hydrogen (secondary N) is 1. The minimum atomic E-state index is -3.55. The quantitative estimate of drug-likeness (QED) is 0.807. The Morgan fingerprint density at radius 1 is 1.33 bits per heavy atom. The molecule has 1 atom stereocenters. The van der Waals surface area contributed by atoms with E-state index < -0.39 is 15.6 Å². The maximum absolute atomic E-state index is 12.1. The van der Waals surface area contributed by atoms with Crippen LogP contribution in [-0.4, -0.2) is 20.5 Å². The lowest BCUT2D eigenvalue weighted by Gasteiger charge is -2.30. The Balaban J connectivity index is 2.83. The molecule has 1 aromatic rings. The summed E-state index contributed by atoms with van der Waals surface area (Å²) < 4.78 is 27.0. The highest BCUT2D eigenvalue weighted by Gasteiger charge is 2.28. The molecule has 0 spiro atoms. The summed E-state index contributed by atoms with van der Waals surface area (Å²) in [4.78, 5) is 0. The van der Waals surface area contributed by atoms with Gasteiger partial charge in [0.1, 0.15) is 0 Å². The van der Waals surface area contributed by atoms with Crippen molar-refractivity contribution in [3.63, 3.8) is 0 Å². The van der Waals surface area contributed by atoms with Gasteiger partial charge >= 0.3 is 0 Å². The van der Waals surface area contributed by atoms with E-state index in [1.807, 2.05) is 20.8 Å². The molecular formula is C15H23ClN2O2S. The second kappa shape index (κ2) is 7.40. The predicted octanol–water partition coefficient (Wildman–Crippen LogP) is 2.99. The summed E-state index contributed by atoms with van der Waals surface area (Å²) in [6, 6.07) is 6.93. The third-order valence-electron chi connectivity index (χ3n) is 3.01. The first-order valence-corrected chi connectivity index (χ1v) is 8.76.